The maximum absolute atomic E-state index is 12.5. The molecule has 0 aromatic carbocycles. The molecule has 0 aliphatic rings. The highest BCUT2D eigenvalue weighted by Gasteiger charge is 2.11. The molecule has 9 heavy (non-hydrogen) atoms. The molecular formula is C7H12F2. The summed E-state index contributed by atoms with van der Waals surface area (Å²) in [5, 5.41) is 0. The van der Waals surface area contributed by atoms with Gasteiger partial charge in [-0.3, -0.25) is 0 Å². The van der Waals surface area contributed by atoms with Crippen molar-refractivity contribution >= 4 is 0 Å². The second-order valence-electron chi connectivity index (χ2n) is 2.48. The van der Waals surface area contributed by atoms with Crippen molar-refractivity contribution in [2.75, 3.05) is 0 Å². The van der Waals surface area contributed by atoms with Gasteiger partial charge in [0, 0.05) is 6.42 Å². The molecule has 0 amide bonds. The van der Waals surface area contributed by atoms with Gasteiger partial charge in [0.25, 0.3) is 0 Å². The SMILES string of the molecule is C=C(F)C[C@@H](F)C(C)C. The first kappa shape index (κ1) is 8.60. The van der Waals surface area contributed by atoms with Gasteiger partial charge in [-0.05, 0) is 5.92 Å². The smallest absolute Gasteiger partial charge is 0.109 e. The molecule has 0 saturated carbocycles. The maximum atomic E-state index is 12.5. The van der Waals surface area contributed by atoms with Crippen molar-refractivity contribution in [2.24, 2.45) is 5.92 Å². The van der Waals surface area contributed by atoms with Gasteiger partial charge in [-0.2, -0.15) is 0 Å². The third-order valence-corrected chi connectivity index (χ3v) is 1.14. The lowest BCUT2D eigenvalue weighted by molar-refractivity contribution is 0.242. The van der Waals surface area contributed by atoms with Crippen LogP contribution in [0.2, 0.25) is 0 Å². The van der Waals surface area contributed by atoms with Crippen molar-refractivity contribution in [3.63, 3.8) is 0 Å². The molecule has 0 saturated heterocycles. The Labute approximate surface area is 54.6 Å². The molecule has 0 radical (unpaired) electrons. The molecule has 0 rings (SSSR count). The van der Waals surface area contributed by atoms with Crippen LogP contribution in [0, 0.1) is 5.92 Å². The van der Waals surface area contributed by atoms with E-state index in [-0.39, 0.29) is 12.3 Å². The van der Waals surface area contributed by atoms with Gasteiger partial charge >= 0.3 is 0 Å². The molecule has 0 nitrogen and oxygen atoms in total. The molecule has 0 bridgehead atoms. The second kappa shape index (κ2) is 3.59. The molecule has 0 spiro atoms. The van der Waals surface area contributed by atoms with Gasteiger partial charge in [-0.1, -0.05) is 20.4 Å². The lowest BCUT2D eigenvalue weighted by Gasteiger charge is -2.08. The highest BCUT2D eigenvalue weighted by atomic mass is 19.1. The number of hydrogen-bond donors (Lipinski definition) is 0. The lowest BCUT2D eigenvalue weighted by atomic mass is 10.1. The zero-order valence-corrected chi connectivity index (χ0v) is 5.82. The van der Waals surface area contributed by atoms with Gasteiger partial charge in [0.05, 0.1) is 5.83 Å². The molecule has 1 atom stereocenters. The number of allylic oxidation sites excluding steroid dienone is 1. The number of hydrogen-bond acceptors (Lipinski definition) is 0. The Morgan fingerprint density at radius 3 is 2.11 bits per heavy atom. The van der Waals surface area contributed by atoms with Crippen LogP contribution >= 0.6 is 0 Å². The highest BCUT2D eigenvalue weighted by Crippen LogP contribution is 2.15. The van der Waals surface area contributed by atoms with Gasteiger partial charge in [-0.15, -0.1) is 0 Å². The van der Waals surface area contributed by atoms with Crippen LogP contribution in [-0.2, 0) is 0 Å². The fraction of sp³-hybridized carbons (Fsp3) is 0.714. The van der Waals surface area contributed by atoms with Gasteiger partial charge in [0.15, 0.2) is 0 Å². The Hall–Kier alpha value is -0.400. The minimum absolute atomic E-state index is 0.113. The number of halogens is 2. The first-order chi connectivity index (χ1) is 4.04. The Kier molecular flexibility index (Phi) is 3.43. The normalized spacial score (nSPS) is 13.9. The molecule has 0 aliphatic heterocycles. The van der Waals surface area contributed by atoms with Crippen LogP contribution in [0.25, 0.3) is 0 Å². The fourth-order valence-corrected chi connectivity index (χ4v) is 0.447. The summed E-state index contributed by atoms with van der Waals surface area (Å²) in [4.78, 5) is 0. The van der Waals surface area contributed by atoms with Crippen molar-refractivity contribution in [1.82, 2.24) is 0 Å². The van der Waals surface area contributed by atoms with Crippen LogP contribution in [0.4, 0.5) is 8.78 Å². The topological polar surface area (TPSA) is 0 Å². The van der Waals surface area contributed by atoms with Crippen molar-refractivity contribution in [3.05, 3.63) is 12.4 Å². The van der Waals surface area contributed by atoms with E-state index in [9.17, 15) is 8.78 Å². The summed E-state index contributed by atoms with van der Waals surface area (Å²) >= 11 is 0. The molecule has 54 valence electrons. The van der Waals surface area contributed by atoms with E-state index in [2.05, 4.69) is 6.58 Å². The van der Waals surface area contributed by atoms with Crippen molar-refractivity contribution < 1.29 is 8.78 Å². The Morgan fingerprint density at radius 2 is 2.00 bits per heavy atom. The molecule has 0 aromatic rings. The van der Waals surface area contributed by atoms with Crippen LogP contribution < -0.4 is 0 Å². The quantitative estimate of drug-likeness (QED) is 0.556. The summed E-state index contributed by atoms with van der Waals surface area (Å²) in [6, 6.07) is 0. The average molecular weight is 134 g/mol. The monoisotopic (exact) mass is 134 g/mol. The number of alkyl halides is 1. The zero-order valence-electron chi connectivity index (χ0n) is 5.82. The average Bonchev–Trinajstić information content (AvgIpc) is 1.63. The fourth-order valence-electron chi connectivity index (χ4n) is 0.447. The molecule has 0 aromatic heterocycles. The predicted molar refractivity (Wildman–Crippen MR) is 34.6 cm³/mol. The Bertz CT molecular complexity index is 97.1. The van der Waals surface area contributed by atoms with Crippen molar-refractivity contribution in [3.8, 4) is 0 Å². The summed E-state index contributed by atoms with van der Waals surface area (Å²) in [6.45, 7) is 6.40. The van der Waals surface area contributed by atoms with Crippen LogP contribution in [0.1, 0.15) is 20.3 Å². The summed E-state index contributed by atoms with van der Waals surface area (Å²) < 4.78 is 24.4. The number of rotatable bonds is 3. The molecule has 2 heteroatoms. The van der Waals surface area contributed by atoms with Crippen LogP contribution in [0.3, 0.4) is 0 Å². The van der Waals surface area contributed by atoms with Crippen LogP contribution in [0.15, 0.2) is 12.4 Å². The van der Waals surface area contributed by atoms with E-state index < -0.39 is 12.0 Å². The molecule has 0 heterocycles. The van der Waals surface area contributed by atoms with E-state index in [0.29, 0.717) is 0 Å². The van der Waals surface area contributed by atoms with Gasteiger partial charge < -0.3 is 0 Å². The highest BCUT2D eigenvalue weighted by molar-refractivity contribution is 4.84. The molecule has 0 fully saturated rings. The van der Waals surface area contributed by atoms with E-state index in [1.165, 1.54) is 0 Å². The predicted octanol–water partition coefficient (Wildman–Crippen LogP) is 2.85. The molecular weight excluding hydrogens is 122 g/mol. The summed E-state index contributed by atoms with van der Waals surface area (Å²) in [6.07, 6.45) is -1.24. The summed E-state index contributed by atoms with van der Waals surface area (Å²) in [5.41, 5.74) is 0. The maximum Gasteiger partial charge on any atom is 0.109 e. The minimum Gasteiger partial charge on any atom is -0.247 e. The van der Waals surface area contributed by atoms with E-state index >= 15 is 0 Å². The minimum atomic E-state index is -1.08. The van der Waals surface area contributed by atoms with Gasteiger partial charge in [0.2, 0.25) is 0 Å². The van der Waals surface area contributed by atoms with Gasteiger partial charge in [0.1, 0.15) is 6.17 Å². The summed E-state index contributed by atoms with van der Waals surface area (Å²) in [5.74, 6) is -0.686. The largest absolute Gasteiger partial charge is 0.247 e. The summed E-state index contributed by atoms with van der Waals surface area (Å²) in [7, 11) is 0. The van der Waals surface area contributed by atoms with E-state index in [4.69, 9.17) is 0 Å². The van der Waals surface area contributed by atoms with E-state index in [1.54, 1.807) is 13.8 Å². The van der Waals surface area contributed by atoms with Crippen molar-refractivity contribution in [1.29, 1.82) is 0 Å². The van der Waals surface area contributed by atoms with Crippen molar-refractivity contribution in [2.45, 2.75) is 26.4 Å². The van der Waals surface area contributed by atoms with Crippen LogP contribution in [0.5, 0.6) is 0 Å². The molecule has 0 aliphatic carbocycles. The third kappa shape index (κ3) is 4.13. The Balaban J connectivity index is 3.50. The standard InChI is InChI=1S/C7H12F2/c1-5(2)7(9)4-6(3)8/h5,7H,3-4H2,1-2H3/t7-/m1/s1. The van der Waals surface area contributed by atoms with E-state index in [0.717, 1.165) is 0 Å². The van der Waals surface area contributed by atoms with Gasteiger partial charge in [-0.25, -0.2) is 8.78 Å². The first-order valence-corrected chi connectivity index (χ1v) is 3.01. The molecule has 0 unspecified atom stereocenters. The second-order valence-corrected chi connectivity index (χ2v) is 2.48. The van der Waals surface area contributed by atoms with E-state index in [1.807, 2.05) is 0 Å². The lowest BCUT2D eigenvalue weighted by Crippen LogP contribution is -2.08. The zero-order chi connectivity index (χ0) is 7.44. The Morgan fingerprint density at radius 1 is 1.56 bits per heavy atom. The first-order valence-electron chi connectivity index (χ1n) is 3.01. The van der Waals surface area contributed by atoms with Crippen LogP contribution in [-0.4, -0.2) is 6.17 Å². The third-order valence-electron chi connectivity index (χ3n) is 1.14. The molecule has 0 N–H and O–H groups in total.